The number of rotatable bonds is 2. The Bertz CT molecular complexity index is 296. The van der Waals surface area contributed by atoms with E-state index in [1.165, 1.54) is 25.7 Å². The van der Waals surface area contributed by atoms with Gasteiger partial charge in [0.15, 0.2) is 5.96 Å². The Hall–Kier alpha value is -0.730. The van der Waals surface area contributed by atoms with Gasteiger partial charge in [-0.15, -0.1) is 0 Å². The van der Waals surface area contributed by atoms with Crippen LogP contribution in [-0.4, -0.2) is 29.5 Å². The van der Waals surface area contributed by atoms with E-state index in [9.17, 15) is 0 Å². The van der Waals surface area contributed by atoms with Crippen molar-refractivity contribution in [2.24, 2.45) is 16.1 Å². The second-order valence-corrected chi connectivity index (χ2v) is 6.24. The molecule has 0 aromatic rings. The average Bonchev–Trinajstić information content (AvgIpc) is 2.46. The zero-order valence-corrected chi connectivity index (χ0v) is 10.9. The minimum Gasteiger partial charge on any atom is -0.370 e. The lowest BCUT2D eigenvalue weighted by Gasteiger charge is -2.48. The lowest BCUT2D eigenvalue weighted by atomic mass is 9.67. The van der Waals surface area contributed by atoms with Gasteiger partial charge in [0.25, 0.3) is 0 Å². The molecule has 0 bridgehead atoms. The predicted molar refractivity (Wildman–Crippen MR) is 68.5 cm³/mol. The van der Waals surface area contributed by atoms with E-state index in [2.05, 4.69) is 30.7 Å². The third-order valence-corrected chi connectivity index (χ3v) is 4.14. The first-order valence-electron chi connectivity index (χ1n) is 6.57. The van der Waals surface area contributed by atoms with E-state index >= 15 is 0 Å². The first kappa shape index (κ1) is 11.7. The Balaban J connectivity index is 2.18. The normalized spacial score (nSPS) is 33.2. The molecule has 1 spiro atoms. The van der Waals surface area contributed by atoms with Crippen LogP contribution in [0.3, 0.4) is 0 Å². The van der Waals surface area contributed by atoms with E-state index in [0.29, 0.717) is 5.41 Å². The molecule has 0 saturated heterocycles. The first-order valence-corrected chi connectivity index (χ1v) is 6.57. The molecule has 0 aromatic heterocycles. The highest BCUT2D eigenvalue weighted by Crippen LogP contribution is 2.45. The van der Waals surface area contributed by atoms with Crippen LogP contribution in [0.5, 0.6) is 0 Å². The summed E-state index contributed by atoms with van der Waals surface area (Å²) in [5, 5.41) is 0. The van der Waals surface area contributed by atoms with Crippen molar-refractivity contribution < 1.29 is 0 Å². The number of aliphatic imine (C=N–C) groups is 1. The maximum absolute atomic E-state index is 6.04. The highest BCUT2D eigenvalue weighted by atomic mass is 15.4. The molecule has 1 fully saturated rings. The van der Waals surface area contributed by atoms with Crippen molar-refractivity contribution in [1.29, 1.82) is 0 Å². The van der Waals surface area contributed by atoms with Gasteiger partial charge in [0.05, 0.1) is 12.1 Å². The average molecular weight is 223 g/mol. The molecule has 1 saturated carbocycles. The second-order valence-electron chi connectivity index (χ2n) is 6.24. The number of nitrogens with zero attached hydrogens (tertiary/aromatic N) is 2. The number of guanidine groups is 1. The predicted octanol–water partition coefficient (Wildman–Crippen LogP) is 2.37. The van der Waals surface area contributed by atoms with Gasteiger partial charge in [0.2, 0.25) is 0 Å². The molecule has 1 atom stereocenters. The maximum atomic E-state index is 6.04. The van der Waals surface area contributed by atoms with Crippen molar-refractivity contribution >= 4 is 5.96 Å². The van der Waals surface area contributed by atoms with Gasteiger partial charge in [-0.1, -0.05) is 27.2 Å². The molecular weight excluding hydrogens is 198 g/mol. The van der Waals surface area contributed by atoms with Gasteiger partial charge < -0.3 is 10.6 Å². The summed E-state index contributed by atoms with van der Waals surface area (Å²) in [6.45, 7) is 8.96. The van der Waals surface area contributed by atoms with Gasteiger partial charge in [0, 0.05) is 6.54 Å². The number of nitrogens with two attached hydrogens (primary N) is 1. The van der Waals surface area contributed by atoms with Gasteiger partial charge in [-0.05, 0) is 31.1 Å². The van der Waals surface area contributed by atoms with Gasteiger partial charge in [-0.25, -0.2) is 0 Å². The summed E-state index contributed by atoms with van der Waals surface area (Å²) < 4.78 is 0. The van der Waals surface area contributed by atoms with Crippen LogP contribution in [0.15, 0.2) is 4.99 Å². The van der Waals surface area contributed by atoms with Crippen molar-refractivity contribution in [3.63, 3.8) is 0 Å². The van der Waals surface area contributed by atoms with Crippen molar-refractivity contribution in [3.05, 3.63) is 0 Å². The van der Waals surface area contributed by atoms with Crippen molar-refractivity contribution in [3.8, 4) is 0 Å². The summed E-state index contributed by atoms with van der Waals surface area (Å²) in [7, 11) is 0. The zero-order chi connectivity index (χ0) is 11.8. The molecule has 92 valence electrons. The molecule has 2 rings (SSSR count). The fraction of sp³-hybridized carbons (Fsp3) is 0.923. The fourth-order valence-corrected chi connectivity index (χ4v) is 3.55. The molecule has 1 aliphatic heterocycles. The van der Waals surface area contributed by atoms with E-state index < -0.39 is 0 Å². The van der Waals surface area contributed by atoms with Crippen LogP contribution in [0.4, 0.5) is 0 Å². The summed E-state index contributed by atoms with van der Waals surface area (Å²) in [5.74, 6) is 0.777. The second kappa shape index (κ2) is 3.94. The molecule has 3 heteroatoms. The van der Waals surface area contributed by atoms with Crippen molar-refractivity contribution in [2.75, 3.05) is 13.1 Å². The quantitative estimate of drug-likeness (QED) is 0.781. The maximum Gasteiger partial charge on any atom is 0.191 e. The highest BCUT2D eigenvalue weighted by Gasteiger charge is 2.47. The van der Waals surface area contributed by atoms with E-state index in [0.717, 1.165) is 25.5 Å². The molecule has 16 heavy (non-hydrogen) atoms. The SMILES string of the molecule is CCCN1C(N)=NCC12CCCC(C)(C)C2. The molecule has 0 radical (unpaired) electrons. The molecule has 1 unspecified atom stereocenters. The van der Waals surface area contributed by atoms with Gasteiger partial charge >= 0.3 is 0 Å². The van der Waals surface area contributed by atoms with Gasteiger partial charge in [-0.3, -0.25) is 4.99 Å². The van der Waals surface area contributed by atoms with Crippen molar-refractivity contribution in [2.45, 2.75) is 58.4 Å². The Morgan fingerprint density at radius 3 is 2.75 bits per heavy atom. The molecule has 0 aromatic carbocycles. The summed E-state index contributed by atoms with van der Waals surface area (Å²) in [6, 6.07) is 0. The fourth-order valence-electron chi connectivity index (χ4n) is 3.55. The summed E-state index contributed by atoms with van der Waals surface area (Å²) in [5.41, 5.74) is 6.74. The summed E-state index contributed by atoms with van der Waals surface area (Å²) >= 11 is 0. The smallest absolute Gasteiger partial charge is 0.191 e. The molecule has 2 aliphatic rings. The molecule has 3 nitrogen and oxygen atoms in total. The van der Waals surface area contributed by atoms with Crippen LogP contribution >= 0.6 is 0 Å². The van der Waals surface area contributed by atoms with Crippen LogP contribution in [0.2, 0.25) is 0 Å². The van der Waals surface area contributed by atoms with Crippen LogP contribution < -0.4 is 5.73 Å². The molecule has 1 aliphatic carbocycles. The summed E-state index contributed by atoms with van der Waals surface area (Å²) in [6.07, 6.45) is 6.31. The van der Waals surface area contributed by atoms with E-state index in [4.69, 9.17) is 5.73 Å². The third kappa shape index (κ3) is 1.92. The molecule has 0 amide bonds. The Kier molecular flexibility index (Phi) is 2.89. The summed E-state index contributed by atoms with van der Waals surface area (Å²) in [4.78, 5) is 6.88. The van der Waals surface area contributed by atoms with E-state index in [1.54, 1.807) is 0 Å². The van der Waals surface area contributed by atoms with Crippen LogP contribution in [0.1, 0.15) is 52.9 Å². The number of hydrogen-bond acceptors (Lipinski definition) is 3. The monoisotopic (exact) mass is 223 g/mol. The molecular formula is C13H25N3. The standard InChI is InChI=1S/C13H25N3/c1-4-8-16-11(14)15-10-13(16)7-5-6-12(2,3)9-13/h4-10H2,1-3H3,(H2,14,15). The first-order chi connectivity index (χ1) is 7.49. The lowest BCUT2D eigenvalue weighted by molar-refractivity contribution is 0.0677. The Morgan fingerprint density at radius 1 is 1.38 bits per heavy atom. The topological polar surface area (TPSA) is 41.6 Å². The third-order valence-electron chi connectivity index (χ3n) is 4.14. The minimum absolute atomic E-state index is 0.252. The van der Waals surface area contributed by atoms with Crippen LogP contribution in [0.25, 0.3) is 0 Å². The lowest BCUT2D eigenvalue weighted by Crippen LogP contribution is -2.55. The van der Waals surface area contributed by atoms with Crippen LogP contribution in [0, 0.1) is 5.41 Å². The zero-order valence-electron chi connectivity index (χ0n) is 10.9. The minimum atomic E-state index is 0.252. The highest BCUT2D eigenvalue weighted by molar-refractivity contribution is 5.81. The van der Waals surface area contributed by atoms with E-state index in [-0.39, 0.29) is 5.54 Å². The Morgan fingerprint density at radius 2 is 2.12 bits per heavy atom. The van der Waals surface area contributed by atoms with Gasteiger partial charge in [-0.2, -0.15) is 0 Å². The van der Waals surface area contributed by atoms with Crippen LogP contribution in [-0.2, 0) is 0 Å². The van der Waals surface area contributed by atoms with Gasteiger partial charge in [0.1, 0.15) is 0 Å². The molecule has 2 N–H and O–H groups in total. The van der Waals surface area contributed by atoms with Crippen molar-refractivity contribution in [1.82, 2.24) is 4.90 Å². The number of hydrogen-bond donors (Lipinski definition) is 1. The molecule has 1 heterocycles. The Labute approximate surface area is 99.1 Å². The van der Waals surface area contributed by atoms with E-state index in [1.807, 2.05) is 0 Å². The largest absolute Gasteiger partial charge is 0.370 e.